The number of esters is 1. The average molecular weight is 343 g/mol. The number of sulfone groups is 1. The number of methoxy groups -OCH3 is 1. The van der Waals surface area contributed by atoms with Gasteiger partial charge in [-0.1, -0.05) is 12.1 Å². The largest absolute Gasteiger partial charge is 0.467 e. The maximum absolute atomic E-state index is 13.3. The Bertz CT molecular complexity index is 718. The van der Waals surface area contributed by atoms with Crippen molar-refractivity contribution in [1.29, 1.82) is 0 Å². The summed E-state index contributed by atoms with van der Waals surface area (Å²) in [6.07, 6.45) is 0. The van der Waals surface area contributed by atoms with E-state index in [0.717, 1.165) is 7.11 Å². The summed E-state index contributed by atoms with van der Waals surface area (Å²) in [5, 5.41) is 0. The Morgan fingerprint density at radius 2 is 2.09 bits per heavy atom. The molecule has 0 aromatic heterocycles. The molecule has 2 rings (SSSR count). The van der Waals surface area contributed by atoms with Crippen molar-refractivity contribution in [1.82, 2.24) is 4.90 Å². The smallest absolute Gasteiger partial charge is 0.329 e. The lowest BCUT2D eigenvalue weighted by Gasteiger charge is -2.35. The molecule has 1 saturated heterocycles. The van der Waals surface area contributed by atoms with Crippen LogP contribution in [0, 0.1) is 5.82 Å². The first-order valence-corrected chi connectivity index (χ1v) is 8.91. The first kappa shape index (κ1) is 17.4. The molecular weight excluding hydrogens is 325 g/mol. The topological polar surface area (TPSA) is 80.8 Å². The SMILES string of the molecule is COC(=O)C1CS(=O)(=O)CCN1C(=O)C(C)c1cccc(F)c1. The van der Waals surface area contributed by atoms with E-state index in [9.17, 15) is 22.4 Å². The Kier molecular flexibility index (Phi) is 5.03. The fourth-order valence-corrected chi connectivity index (χ4v) is 4.01. The van der Waals surface area contributed by atoms with Gasteiger partial charge < -0.3 is 9.64 Å². The summed E-state index contributed by atoms with van der Waals surface area (Å²) in [6.45, 7) is 1.51. The molecule has 1 aliphatic rings. The first-order chi connectivity index (χ1) is 10.7. The van der Waals surface area contributed by atoms with Crippen molar-refractivity contribution in [2.24, 2.45) is 0 Å². The molecule has 1 fully saturated rings. The fraction of sp³-hybridized carbons (Fsp3) is 0.467. The number of ether oxygens (including phenoxy) is 1. The number of amides is 1. The minimum absolute atomic E-state index is 0.0827. The third-order valence-corrected chi connectivity index (χ3v) is 5.53. The van der Waals surface area contributed by atoms with Gasteiger partial charge in [-0.3, -0.25) is 4.79 Å². The summed E-state index contributed by atoms with van der Waals surface area (Å²) >= 11 is 0. The molecule has 1 aromatic carbocycles. The van der Waals surface area contributed by atoms with Crippen LogP contribution in [0.4, 0.5) is 4.39 Å². The van der Waals surface area contributed by atoms with Gasteiger partial charge >= 0.3 is 5.97 Å². The highest BCUT2D eigenvalue weighted by atomic mass is 32.2. The lowest BCUT2D eigenvalue weighted by Crippen LogP contribution is -2.56. The molecule has 1 amide bonds. The van der Waals surface area contributed by atoms with Gasteiger partial charge in [0.2, 0.25) is 5.91 Å². The molecule has 0 aliphatic carbocycles. The van der Waals surface area contributed by atoms with Crippen LogP contribution >= 0.6 is 0 Å². The van der Waals surface area contributed by atoms with Crippen molar-refractivity contribution in [3.8, 4) is 0 Å². The van der Waals surface area contributed by atoms with Gasteiger partial charge in [-0.05, 0) is 24.6 Å². The molecule has 6 nitrogen and oxygen atoms in total. The molecule has 2 atom stereocenters. The van der Waals surface area contributed by atoms with Gasteiger partial charge in [0.05, 0.1) is 24.5 Å². The number of rotatable bonds is 3. The van der Waals surface area contributed by atoms with E-state index in [0.29, 0.717) is 5.56 Å². The maximum Gasteiger partial charge on any atom is 0.329 e. The van der Waals surface area contributed by atoms with Gasteiger partial charge in [0.15, 0.2) is 9.84 Å². The summed E-state index contributed by atoms with van der Waals surface area (Å²) < 4.78 is 41.4. The van der Waals surface area contributed by atoms with Crippen LogP contribution in [0.2, 0.25) is 0 Å². The molecule has 2 unspecified atom stereocenters. The van der Waals surface area contributed by atoms with Gasteiger partial charge in [-0.25, -0.2) is 17.6 Å². The van der Waals surface area contributed by atoms with E-state index in [2.05, 4.69) is 4.74 Å². The third kappa shape index (κ3) is 3.87. The normalized spacial score (nSPS) is 21.5. The molecule has 0 spiro atoms. The van der Waals surface area contributed by atoms with Crippen LogP contribution in [0.1, 0.15) is 18.4 Å². The highest BCUT2D eigenvalue weighted by Crippen LogP contribution is 2.23. The number of halogens is 1. The van der Waals surface area contributed by atoms with E-state index < -0.39 is 45.2 Å². The van der Waals surface area contributed by atoms with Crippen LogP contribution in [0.5, 0.6) is 0 Å². The summed E-state index contributed by atoms with van der Waals surface area (Å²) in [7, 11) is -2.26. The molecule has 8 heteroatoms. The van der Waals surface area contributed by atoms with E-state index in [4.69, 9.17) is 0 Å². The highest BCUT2D eigenvalue weighted by molar-refractivity contribution is 7.91. The van der Waals surface area contributed by atoms with Crippen molar-refractivity contribution < 1.29 is 27.1 Å². The van der Waals surface area contributed by atoms with Crippen molar-refractivity contribution in [3.05, 3.63) is 35.6 Å². The number of hydrogen-bond donors (Lipinski definition) is 0. The first-order valence-electron chi connectivity index (χ1n) is 7.09. The summed E-state index contributed by atoms with van der Waals surface area (Å²) in [5.74, 6) is -3.02. The second-order valence-electron chi connectivity index (χ2n) is 5.46. The van der Waals surface area contributed by atoms with Crippen molar-refractivity contribution in [2.45, 2.75) is 18.9 Å². The van der Waals surface area contributed by atoms with Crippen molar-refractivity contribution in [3.63, 3.8) is 0 Å². The highest BCUT2D eigenvalue weighted by Gasteiger charge is 2.40. The zero-order valence-electron chi connectivity index (χ0n) is 12.9. The molecule has 0 radical (unpaired) electrons. The maximum atomic E-state index is 13.3. The van der Waals surface area contributed by atoms with Crippen LogP contribution in [0.25, 0.3) is 0 Å². The Morgan fingerprint density at radius 1 is 1.39 bits per heavy atom. The number of benzene rings is 1. The van der Waals surface area contributed by atoms with Gasteiger partial charge in [0, 0.05) is 6.54 Å². The van der Waals surface area contributed by atoms with Crippen LogP contribution < -0.4 is 0 Å². The number of nitrogens with zero attached hydrogens (tertiary/aromatic N) is 1. The Hall–Kier alpha value is -1.96. The summed E-state index contributed by atoms with van der Waals surface area (Å²) in [6, 6.07) is 4.45. The zero-order valence-corrected chi connectivity index (χ0v) is 13.7. The molecule has 1 aromatic rings. The lowest BCUT2D eigenvalue weighted by molar-refractivity contribution is -0.152. The number of carbonyl (C=O) groups excluding carboxylic acids is 2. The molecule has 0 bridgehead atoms. The van der Waals surface area contributed by atoms with Crippen molar-refractivity contribution in [2.75, 3.05) is 25.2 Å². The van der Waals surface area contributed by atoms with E-state index in [1.165, 1.54) is 23.1 Å². The minimum atomic E-state index is -3.41. The Morgan fingerprint density at radius 3 is 2.70 bits per heavy atom. The van der Waals surface area contributed by atoms with Gasteiger partial charge in [0.1, 0.15) is 11.9 Å². The second-order valence-corrected chi connectivity index (χ2v) is 7.69. The van der Waals surface area contributed by atoms with Crippen LogP contribution in [-0.2, 0) is 24.2 Å². The van der Waals surface area contributed by atoms with Gasteiger partial charge in [0.25, 0.3) is 0 Å². The standard InChI is InChI=1S/C15H18FNO5S/c1-10(11-4-3-5-12(16)8-11)14(18)17-6-7-23(20,21)9-13(17)15(19)22-2/h3-5,8,10,13H,6-7,9H2,1-2H3. The molecule has 1 heterocycles. The molecule has 0 N–H and O–H groups in total. The van der Waals surface area contributed by atoms with Crippen LogP contribution in [-0.4, -0.2) is 56.4 Å². The predicted molar refractivity (Wildman–Crippen MR) is 81.0 cm³/mol. The molecule has 126 valence electrons. The van der Waals surface area contributed by atoms with E-state index in [-0.39, 0.29) is 12.3 Å². The minimum Gasteiger partial charge on any atom is -0.467 e. The molecule has 23 heavy (non-hydrogen) atoms. The van der Waals surface area contributed by atoms with Crippen LogP contribution in [0.15, 0.2) is 24.3 Å². The van der Waals surface area contributed by atoms with Gasteiger partial charge in [-0.15, -0.1) is 0 Å². The quantitative estimate of drug-likeness (QED) is 0.756. The zero-order chi connectivity index (χ0) is 17.2. The van der Waals surface area contributed by atoms with Crippen LogP contribution in [0.3, 0.4) is 0 Å². The molecule has 1 aliphatic heterocycles. The predicted octanol–water partition coefficient (Wildman–Crippen LogP) is 0.728. The average Bonchev–Trinajstić information content (AvgIpc) is 2.52. The monoisotopic (exact) mass is 343 g/mol. The molecule has 0 saturated carbocycles. The number of carbonyl (C=O) groups is 2. The van der Waals surface area contributed by atoms with E-state index in [1.54, 1.807) is 13.0 Å². The summed E-state index contributed by atoms with van der Waals surface area (Å²) in [5.41, 5.74) is 0.465. The fourth-order valence-electron chi connectivity index (χ4n) is 2.57. The Labute approximate surface area is 134 Å². The number of hydrogen-bond acceptors (Lipinski definition) is 5. The second kappa shape index (κ2) is 6.66. The third-order valence-electron chi connectivity index (χ3n) is 3.91. The van der Waals surface area contributed by atoms with Crippen molar-refractivity contribution >= 4 is 21.7 Å². The molecular formula is C15H18FNO5S. The van der Waals surface area contributed by atoms with Gasteiger partial charge in [-0.2, -0.15) is 0 Å². The van der Waals surface area contributed by atoms with E-state index >= 15 is 0 Å². The summed E-state index contributed by atoms with van der Waals surface area (Å²) in [4.78, 5) is 25.7. The van der Waals surface area contributed by atoms with E-state index in [1.807, 2.05) is 0 Å². The Balaban J connectivity index is 2.27. The lowest BCUT2D eigenvalue weighted by atomic mass is 9.99.